The first-order valence-electron chi connectivity index (χ1n) is 4.45. The number of aliphatic hydroxyl groups excluding tert-OH is 1. The van der Waals surface area contributed by atoms with Gasteiger partial charge in [0.15, 0.2) is 0 Å². The van der Waals surface area contributed by atoms with Crippen molar-refractivity contribution in [3.8, 4) is 6.07 Å². The van der Waals surface area contributed by atoms with E-state index in [0.29, 0.717) is 12.0 Å². The predicted molar refractivity (Wildman–Crippen MR) is 57.2 cm³/mol. The Hall–Kier alpha value is -0.890. The van der Waals surface area contributed by atoms with Crippen molar-refractivity contribution < 1.29 is 5.11 Å². The fourth-order valence-electron chi connectivity index (χ4n) is 1.18. The lowest BCUT2D eigenvalue weighted by Gasteiger charge is -2.13. The van der Waals surface area contributed by atoms with E-state index in [9.17, 15) is 5.11 Å². The van der Waals surface area contributed by atoms with Gasteiger partial charge >= 0.3 is 0 Å². The minimum absolute atomic E-state index is 0.507. The predicted octanol–water partition coefficient (Wildman–Crippen LogP) is 1.60. The van der Waals surface area contributed by atoms with Crippen LogP contribution in [0.25, 0.3) is 0 Å². The summed E-state index contributed by atoms with van der Waals surface area (Å²) in [7, 11) is 3.93. The third kappa shape index (κ3) is 2.81. The van der Waals surface area contributed by atoms with E-state index in [2.05, 4.69) is 6.07 Å². The molecule has 0 aromatic carbocycles. The summed E-state index contributed by atoms with van der Waals surface area (Å²) in [5.41, 5.74) is 0.598. The molecule has 76 valence electrons. The maximum Gasteiger partial charge on any atom is 0.100 e. The molecule has 0 fully saturated rings. The molecule has 1 aromatic rings. The van der Waals surface area contributed by atoms with E-state index < -0.39 is 6.10 Å². The largest absolute Gasteiger partial charge is 0.387 e. The minimum Gasteiger partial charge on any atom is -0.387 e. The van der Waals surface area contributed by atoms with Crippen molar-refractivity contribution in [3.63, 3.8) is 0 Å². The quantitative estimate of drug-likeness (QED) is 0.821. The van der Waals surface area contributed by atoms with Crippen LogP contribution in [0.15, 0.2) is 11.4 Å². The Morgan fingerprint density at radius 1 is 1.64 bits per heavy atom. The zero-order chi connectivity index (χ0) is 10.6. The van der Waals surface area contributed by atoms with Gasteiger partial charge in [0.25, 0.3) is 0 Å². The number of nitrogens with zero attached hydrogens (tertiary/aromatic N) is 2. The first kappa shape index (κ1) is 11.2. The molecular formula is C10H14N2OS. The molecule has 0 aliphatic heterocycles. The topological polar surface area (TPSA) is 47.3 Å². The average molecular weight is 210 g/mol. The Labute approximate surface area is 88.2 Å². The second-order valence-corrected chi connectivity index (χ2v) is 4.37. The molecule has 14 heavy (non-hydrogen) atoms. The van der Waals surface area contributed by atoms with Crippen LogP contribution >= 0.6 is 11.3 Å². The summed E-state index contributed by atoms with van der Waals surface area (Å²) in [4.78, 5) is 2.80. The molecule has 1 atom stereocenters. The molecule has 0 bridgehead atoms. The summed E-state index contributed by atoms with van der Waals surface area (Å²) in [6.45, 7) is 0.823. The fraction of sp³-hybridized carbons (Fsp3) is 0.500. The summed E-state index contributed by atoms with van der Waals surface area (Å²) < 4.78 is 0. The molecule has 0 spiro atoms. The summed E-state index contributed by atoms with van der Waals surface area (Å²) >= 11 is 1.44. The molecule has 1 heterocycles. The first-order valence-corrected chi connectivity index (χ1v) is 5.33. The van der Waals surface area contributed by atoms with Gasteiger partial charge in [-0.1, -0.05) is 0 Å². The van der Waals surface area contributed by atoms with Crippen molar-refractivity contribution in [1.29, 1.82) is 5.26 Å². The zero-order valence-electron chi connectivity index (χ0n) is 8.40. The second-order valence-electron chi connectivity index (χ2n) is 3.42. The van der Waals surface area contributed by atoms with Crippen LogP contribution in [0.2, 0.25) is 0 Å². The van der Waals surface area contributed by atoms with Gasteiger partial charge in [-0.15, -0.1) is 11.3 Å². The number of hydrogen-bond acceptors (Lipinski definition) is 4. The van der Waals surface area contributed by atoms with E-state index in [1.54, 1.807) is 6.07 Å². The van der Waals surface area contributed by atoms with E-state index in [-0.39, 0.29) is 0 Å². The summed E-state index contributed by atoms with van der Waals surface area (Å²) in [5.74, 6) is 0. The highest BCUT2D eigenvalue weighted by Crippen LogP contribution is 2.26. The number of rotatable bonds is 4. The smallest absolute Gasteiger partial charge is 0.100 e. The van der Waals surface area contributed by atoms with Crippen LogP contribution in [-0.4, -0.2) is 30.6 Å². The Morgan fingerprint density at radius 3 is 2.93 bits per heavy atom. The third-order valence-corrected chi connectivity index (χ3v) is 2.99. The van der Waals surface area contributed by atoms with E-state index in [4.69, 9.17) is 5.26 Å². The second kappa shape index (κ2) is 5.11. The number of aliphatic hydroxyl groups is 1. The van der Waals surface area contributed by atoms with Crippen LogP contribution in [0.1, 0.15) is 23.0 Å². The lowest BCUT2D eigenvalue weighted by molar-refractivity contribution is 0.157. The normalized spacial score (nSPS) is 12.8. The average Bonchev–Trinajstić information content (AvgIpc) is 2.61. The summed E-state index contributed by atoms with van der Waals surface area (Å²) in [6.07, 6.45) is 0.161. The van der Waals surface area contributed by atoms with Gasteiger partial charge in [0.05, 0.1) is 16.5 Å². The maximum atomic E-state index is 9.80. The molecule has 1 N–H and O–H groups in total. The molecule has 0 saturated carbocycles. The van der Waals surface area contributed by atoms with Crippen molar-refractivity contribution in [2.24, 2.45) is 0 Å². The summed E-state index contributed by atoms with van der Waals surface area (Å²) in [5, 5.41) is 20.4. The van der Waals surface area contributed by atoms with Crippen LogP contribution in [0.5, 0.6) is 0 Å². The van der Waals surface area contributed by atoms with Crippen LogP contribution in [0, 0.1) is 11.3 Å². The van der Waals surface area contributed by atoms with Crippen molar-refractivity contribution >= 4 is 11.3 Å². The molecule has 0 radical (unpaired) electrons. The molecule has 1 aromatic heterocycles. The molecule has 3 nitrogen and oxygen atoms in total. The van der Waals surface area contributed by atoms with Crippen LogP contribution in [0.3, 0.4) is 0 Å². The fourth-order valence-corrected chi connectivity index (χ4v) is 2.05. The van der Waals surface area contributed by atoms with E-state index in [0.717, 1.165) is 11.4 Å². The van der Waals surface area contributed by atoms with Gasteiger partial charge in [-0.2, -0.15) is 5.26 Å². The molecule has 4 heteroatoms. The van der Waals surface area contributed by atoms with E-state index >= 15 is 0 Å². The molecule has 0 aliphatic carbocycles. The molecule has 1 unspecified atom stereocenters. The Kier molecular flexibility index (Phi) is 4.08. The number of hydrogen-bond donors (Lipinski definition) is 1. The van der Waals surface area contributed by atoms with Crippen molar-refractivity contribution in [2.75, 3.05) is 20.6 Å². The van der Waals surface area contributed by atoms with Gasteiger partial charge in [0, 0.05) is 6.54 Å². The molecular weight excluding hydrogens is 196 g/mol. The number of nitriles is 1. The van der Waals surface area contributed by atoms with Crippen molar-refractivity contribution in [3.05, 3.63) is 21.9 Å². The molecule has 0 amide bonds. The highest BCUT2D eigenvalue weighted by Gasteiger charge is 2.13. The van der Waals surface area contributed by atoms with Gasteiger partial charge in [-0.05, 0) is 32.0 Å². The highest BCUT2D eigenvalue weighted by molar-refractivity contribution is 7.10. The van der Waals surface area contributed by atoms with Gasteiger partial charge in [0.1, 0.15) is 6.07 Å². The minimum atomic E-state index is -0.507. The van der Waals surface area contributed by atoms with Crippen molar-refractivity contribution in [2.45, 2.75) is 12.5 Å². The lowest BCUT2D eigenvalue weighted by Crippen LogP contribution is -2.15. The van der Waals surface area contributed by atoms with E-state index in [1.165, 1.54) is 11.3 Å². The Morgan fingerprint density at radius 2 is 2.36 bits per heavy atom. The standard InChI is InChI=1S/C10H14N2OS/c1-12(2)5-3-9(13)10-8(7-11)4-6-14-10/h4,6,9,13H,3,5H2,1-2H3. The Bertz CT molecular complexity index is 327. The van der Waals surface area contributed by atoms with Gasteiger partial charge < -0.3 is 10.0 Å². The lowest BCUT2D eigenvalue weighted by atomic mass is 10.1. The monoisotopic (exact) mass is 210 g/mol. The van der Waals surface area contributed by atoms with Gasteiger partial charge in [-0.3, -0.25) is 0 Å². The van der Waals surface area contributed by atoms with E-state index in [1.807, 2.05) is 24.4 Å². The van der Waals surface area contributed by atoms with Crippen LogP contribution in [0.4, 0.5) is 0 Å². The molecule has 0 aliphatic rings. The van der Waals surface area contributed by atoms with Gasteiger partial charge in [0.2, 0.25) is 0 Å². The van der Waals surface area contributed by atoms with Crippen molar-refractivity contribution in [1.82, 2.24) is 4.90 Å². The zero-order valence-corrected chi connectivity index (χ0v) is 9.21. The third-order valence-electron chi connectivity index (χ3n) is 1.97. The van der Waals surface area contributed by atoms with Gasteiger partial charge in [-0.25, -0.2) is 0 Å². The summed E-state index contributed by atoms with van der Waals surface area (Å²) in [6, 6.07) is 3.83. The van der Waals surface area contributed by atoms with Crippen LogP contribution < -0.4 is 0 Å². The number of thiophene rings is 1. The maximum absolute atomic E-state index is 9.80. The van der Waals surface area contributed by atoms with Crippen LogP contribution in [-0.2, 0) is 0 Å². The SMILES string of the molecule is CN(C)CCC(O)c1sccc1C#N. The molecule has 1 rings (SSSR count). The highest BCUT2D eigenvalue weighted by atomic mass is 32.1. The first-order chi connectivity index (χ1) is 6.65. The molecule has 0 saturated heterocycles. The Balaban J connectivity index is 2.61.